The highest BCUT2D eigenvalue weighted by atomic mass is 16.6. The molecular formula is C30H35N3O5. The van der Waals surface area contributed by atoms with Gasteiger partial charge in [-0.05, 0) is 69.4 Å². The van der Waals surface area contributed by atoms with E-state index in [1.165, 1.54) is 0 Å². The lowest BCUT2D eigenvalue weighted by Gasteiger charge is -2.33. The largest absolute Gasteiger partial charge is 0.492 e. The van der Waals surface area contributed by atoms with E-state index >= 15 is 0 Å². The molecular weight excluding hydrogens is 482 g/mol. The molecule has 0 saturated carbocycles. The van der Waals surface area contributed by atoms with E-state index in [2.05, 4.69) is 10.5 Å². The summed E-state index contributed by atoms with van der Waals surface area (Å²) in [5.41, 5.74) is 5.15. The van der Waals surface area contributed by atoms with E-state index in [0.29, 0.717) is 43.5 Å². The van der Waals surface area contributed by atoms with E-state index < -0.39 is 5.60 Å². The summed E-state index contributed by atoms with van der Waals surface area (Å²) in [7, 11) is 0. The third-order valence-electron chi connectivity index (χ3n) is 6.18. The van der Waals surface area contributed by atoms with Crippen molar-refractivity contribution in [2.24, 2.45) is 5.92 Å². The van der Waals surface area contributed by atoms with Gasteiger partial charge in [-0.2, -0.15) is 0 Å². The van der Waals surface area contributed by atoms with Crippen LogP contribution in [0, 0.1) is 5.92 Å². The number of hydroxylamine groups is 1. The number of ether oxygens (including phenoxy) is 2. The molecule has 8 heteroatoms. The van der Waals surface area contributed by atoms with Gasteiger partial charge in [0.25, 0.3) is 5.91 Å². The predicted octanol–water partition coefficient (Wildman–Crippen LogP) is 5.64. The number of pyridine rings is 1. The molecule has 1 fully saturated rings. The molecule has 0 aliphatic carbocycles. The summed E-state index contributed by atoms with van der Waals surface area (Å²) in [5.74, 6) is 0.778. The zero-order valence-electron chi connectivity index (χ0n) is 22.2. The molecule has 1 aliphatic heterocycles. The van der Waals surface area contributed by atoms with Crippen LogP contribution < -0.4 is 10.2 Å². The predicted molar refractivity (Wildman–Crippen MR) is 144 cm³/mol. The van der Waals surface area contributed by atoms with Crippen LogP contribution in [0.5, 0.6) is 5.75 Å². The molecule has 8 nitrogen and oxygen atoms in total. The van der Waals surface area contributed by atoms with Crippen molar-refractivity contribution in [3.05, 3.63) is 84.1 Å². The minimum atomic E-state index is -0.482. The summed E-state index contributed by atoms with van der Waals surface area (Å²) in [4.78, 5) is 36.2. The van der Waals surface area contributed by atoms with Crippen LogP contribution in [0.15, 0.2) is 72.9 Å². The molecule has 3 aromatic rings. The molecule has 0 unspecified atom stereocenters. The maximum Gasteiger partial charge on any atom is 0.410 e. The lowest BCUT2D eigenvalue weighted by molar-refractivity contribution is 0.0164. The highest BCUT2D eigenvalue weighted by Crippen LogP contribution is 2.23. The Labute approximate surface area is 223 Å². The molecule has 0 spiro atoms. The highest BCUT2D eigenvalue weighted by molar-refractivity contribution is 5.93. The Morgan fingerprint density at radius 1 is 0.974 bits per heavy atom. The van der Waals surface area contributed by atoms with Crippen LogP contribution in [0.4, 0.5) is 4.79 Å². The number of hydrogen-bond donors (Lipinski definition) is 1. The van der Waals surface area contributed by atoms with Gasteiger partial charge in [-0.1, -0.05) is 42.5 Å². The molecule has 2 heterocycles. The summed E-state index contributed by atoms with van der Waals surface area (Å²) in [6.07, 6.45) is 3.22. The van der Waals surface area contributed by atoms with Crippen LogP contribution in [0.25, 0.3) is 11.3 Å². The van der Waals surface area contributed by atoms with Crippen molar-refractivity contribution in [1.82, 2.24) is 15.4 Å². The van der Waals surface area contributed by atoms with Gasteiger partial charge in [-0.15, -0.1) is 0 Å². The first-order chi connectivity index (χ1) is 18.3. The van der Waals surface area contributed by atoms with Crippen molar-refractivity contribution < 1.29 is 23.9 Å². The fourth-order valence-corrected chi connectivity index (χ4v) is 4.07. The van der Waals surface area contributed by atoms with Gasteiger partial charge in [-0.25, -0.2) is 10.3 Å². The molecule has 200 valence electrons. The number of aromatic nitrogens is 1. The fraction of sp³-hybridized carbons (Fsp3) is 0.367. The maximum absolute atomic E-state index is 12.3. The third kappa shape index (κ3) is 8.05. The lowest BCUT2D eigenvalue weighted by atomic mass is 9.98. The first kappa shape index (κ1) is 27.1. The van der Waals surface area contributed by atoms with Gasteiger partial charge < -0.3 is 14.4 Å². The number of piperidine rings is 1. The van der Waals surface area contributed by atoms with Crippen molar-refractivity contribution in [2.45, 2.75) is 45.8 Å². The van der Waals surface area contributed by atoms with Crippen LogP contribution in [0.2, 0.25) is 0 Å². The van der Waals surface area contributed by atoms with Gasteiger partial charge in [0.2, 0.25) is 0 Å². The van der Waals surface area contributed by atoms with Crippen molar-refractivity contribution in [2.75, 3.05) is 19.7 Å². The molecule has 1 N–H and O–H groups in total. The third-order valence-corrected chi connectivity index (χ3v) is 6.18. The van der Waals surface area contributed by atoms with Crippen LogP contribution in [-0.2, 0) is 16.2 Å². The Balaban J connectivity index is 1.20. The second-order valence-electron chi connectivity index (χ2n) is 10.4. The topological polar surface area (TPSA) is 90.0 Å². The average molecular weight is 518 g/mol. The number of hydrogen-bond acceptors (Lipinski definition) is 6. The highest BCUT2D eigenvalue weighted by Gasteiger charge is 2.27. The summed E-state index contributed by atoms with van der Waals surface area (Å²) < 4.78 is 11.4. The van der Waals surface area contributed by atoms with Crippen LogP contribution >= 0.6 is 0 Å². The van der Waals surface area contributed by atoms with E-state index in [4.69, 9.17) is 14.3 Å². The van der Waals surface area contributed by atoms with Crippen molar-refractivity contribution in [3.8, 4) is 17.0 Å². The molecule has 0 bridgehead atoms. The van der Waals surface area contributed by atoms with E-state index in [-0.39, 0.29) is 12.0 Å². The number of benzene rings is 2. The Morgan fingerprint density at radius 2 is 1.68 bits per heavy atom. The monoisotopic (exact) mass is 517 g/mol. The van der Waals surface area contributed by atoms with E-state index in [1.807, 2.05) is 75.4 Å². The Morgan fingerprint density at radius 3 is 2.32 bits per heavy atom. The zero-order valence-corrected chi connectivity index (χ0v) is 22.2. The molecule has 0 atom stereocenters. The Bertz CT molecular complexity index is 1180. The first-order valence-electron chi connectivity index (χ1n) is 12.9. The quantitative estimate of drug-likeness (QED) is 0.389. The summed E-state index contributed by atoms with van der Waals surface area (Å²) in [5, 5.41) is 0. The number of likely N-dealkylation sites (tertiary alicyclic amines) is 1. The van der Waals surface area contributed by atoms with Gasteiger partial charge >= 0.3 is 6.09 Å². The molecule has 1 aliphatic rings. The Kier molecular flexibility index (Phi) is 8.97. The minimum Gasteiger partial charge on any atom is -0.492 e. The normalized spacial score (nSPS) is 14.1. The number of nitrogens with zero attached hydrogens (tertiary/aromatic N) is 2. The molecule has 2 amide bonds. The standard InChI is InChI=1S/C30H35N3O5/c1-30(2,3)38-29(35)33-17-15-23(16-18-33)20-36-26-13-14-27(31-19-26)24-9-11-25(12-10-24)28(34)32-37-21-22-7-5-4-6-8-22/h4-14,19,23H,15-18,20-21H2,1-3H3,(H,32,34). The lowest BCUT2D eigenvalue weighted by Crippen LogP contribution is -2.42. The summed E-state index contributed by atoms with van der Waals surface area (Å²) in [6.45, 7) is 7.86. The van der Waals surface area contributed by atoms with Gasteiger partial charge in [-0.3, -0.25) is 14.6 Å². The van der Waals surface area contributed by atoms with Crippen LogP contribution in [0.1, 0.15) is 49.5 Å². The Hall–Kier alpha value is -3.91. The molecule has 38 heavy (non-hydrogen) atoms. The number of carbonyl (C=O) groups excluding carboxylic acids is 2. The average Bonchev–Trinajstić information content (AvgIpc) is 2.92. The molecule has 2 aromatic carbocycles. The smallest absolute Gasteiger partial charge is 0.410 e. The van der Waals surface area contributed by atoms with Gasteiger partial charge in [0, 0.05) is 24.2 Å². The van der Waals surface area contributed by atoms with E-state index in [0.717, 1.165) is 29.7 Å². The maximum atomic E-state index is 12.3. The molecule has 0 radical (unpaired) electrons. The fourth-order valence-electron chi connectivity index (χ4n) is 4.07. The van der Waals surface area contributed by atoms with Crippen molar-refractivity contribution in [3.63, 3.8) is 0 Å². The first-order valence-corrected chi connectivity index (χ1v) is 12.9. The summed E-state index contributed by atoms with van der Waals surface area (Å²) >= 11 is 0. The number of amides is 2. The molecule has 1 aromatic heterocycles. The van der Waals surface area contributed by atoms with Crippen molar-refractivity contribution >= 4 is 12.0 Å². The van der Waals surface area contributed by atoms with Gasteiger partial charge in [0.05, 0.1) is 25.1 Å². The second-order valence-corrected chi connectivity index (χ2v) is 10.4. The molecule has 1 saturated heterocycles. The molecule has 4 rings (SSSR count). The number of rotatable bonds is 8. The SMILES string of the molecule is CC(C)(C)OC(=O)N1CCC(COc2ccc(-c3ccc(C(=O)NOCc4ccccc4)cc3)nc2)CC1. The van der Waals surface area contributed by atoms with Gasteiger partial charge in [0.15, 0.2) is 0 Å². The zero-order chi connectivity index (χ0) is 27.0. The summed E-state index contributed by atoms with van der Waals surface area (Å²) in [6, 6.07) is 20.6. The van der Waals surface area contributed by atoms with Crippen molar-refractivity contribution in [1.29, 1.82) is 0 Å². The van der Waals surface area contributed by atoms with E-state index in [1.54, 1.807) is 23.2 Å². The van der Waals surface area contributed by atoms with Crippen LogP contribution in [-0.4, -0.2) is 47.2 Å². The van der Waals surface area contributed by atoms with E-state index in [9.17, 15) is 9.59 Å². The van der Waals surface area contributed by atoms with Gasteiger partial charge in [0.1, 0.15) is 11.4 Å². The number of carbonyl (C=O) groups is 2. The number of nitrogens with one attached hydrogen (secondary N) is 1. The van der Waals surface area contributed by atoms with Crippen LogP contribution in [0.3, 0.4) is 0 Å². The minimum absolute atomic E-state index is 0.248. The second kappa shape index (κ2) is 12.6.